The lowest BCUT2D eigenvalue weighted by molar-refractivity contribution is -0.118. The number of halogens is 2. The van der Waals surface area contributed by atoms with Crippen molar-refractivity contribution in [3.05, 3.63) is 70.5 Å². The monoisotopic (exact) mass is 375 g/mol. The minimum Gasteiger partial charge on any atom is -0.303 e. The Morgan fingerprint density at radius 2 is 2.04 bits per heavy atom. The van der Waals surface area contributed by atoms with Gasteiger partial charge in [0, 0.05) is 5.02 Å². The van der Waals surface area contributed by atoms with E-state index in [-0.39, 0.29) is 17.0 Å². The van der Waals surface area contributed by atoms with Crippen molar-refractivity contribution in [1.29, 1.82) is 0 Å². The number of nitrogens with zero attached hydrogens (tertiary/aromatic N) is 2. The number of thioether (sulfide) groups is 1. The van der Waals surface area contributed by atoms with E-state index in [0.717, 1.165) is 11.1 Å². The van der Waals surface area contributed by atoms with Crippen LogP contribution in [0.15, 0.2) is 58.7 Å². The maximum atomic E-state index is 12.9. The topological polar surface area (TPSA) is 53.8 Å². The van der Waals surface area contributed by atoms with Crippen LogP contribution in [0.2, 0.25) is 5.02 Å². The zero-order chi connectivity index (χ0) is 17.8. The number of benzene rings is 2. The van der Waals surface area contributed by atoms with E-state index in [1.165, 1.54) is 23.9 Å². The molecule has 2 aromatic carbocycles. The van der Waals surface area contributed by atoms with Crippen LogP contribution in [0.5, 0.6) is 0 Å². The quantitative estimate of drug-likeness (QED) is 0.647. The molecule has 1 fully saturated rings. The van der Waals surface area contributed by atoms with Gasteiger partial charge in [0.1, 0.15) is 5.82 Å². The third kappa shape index (κ3) is 4.67. The first kappa shape index (κ1) is 17.6. The van der Waals surface area contributed by atoms with Crippen molar-refractivity contribution in [2.75, 3.05) is 0 Å². The van der Waals surface area contributed by atoms with Crippen LogP contribution in [0.25, 0.3) is 0 Å². The first-order chi connectivity index (χ1) is 12.0. The number of carbonyl (C=O) groups is 1. The number of hydrogen-bond donors (Lipinski definition) is 1. The van der Waals surface area contributed by atoms with E-state index >= 15 is 0 Å². The van der Waals surface area contributed by atoms with Gasteiger partial charge in [0.05, 0.1) is 11.0 Å². The van der Waals surface area contributed by atoms with Crippen molar-refractivity contribution < 1.29 is 9.18 Å². The zero-order valence-corrected chi connectivity index (χ0v) is 14.9. The second-order valence-electron chi connectivity index (χ2n) is 5.53. The summed E-state index contributed by atoms with van der Waals surface area (Å²) in [7, 11) is 0. The zero-order valence-electron chi connectivity index (χ0n) is 13.4. The Kier molecular flexibility index (Phi) is 5.50. The van der Waals surface area contributed by atoms with E-state index in [1.807, 2.05) is 18.2 Å². The number of nitrogens with one attached hydrogen (secondary N) is 1. The molecule has 2 aromatic rings. The Hall–Kier alpha value is -2.18. The first-order valence-corrected chi connectivity index (χ1v) is 8.87. The molecule has 1 atom stereocenters. The van der Waals surface area contributed by atoms with Crippen LogP contribution in [0, 0.1) is 5.82 Å². The molecule has 1 N–H and O–H groups in total. The summed E-state index contributed by atoms with van der Waals surface area (Å²) in [4.78, 5) is 12.1. The molecular formula is C18H15ClFN3OS. The molecule has 1 aliphatic heterocycles. The van der Waals surface area contributed by atoms with Gasteiger partial charge in [-0.25, -0.2) is 4.39 Å². The maximum absolute atomic E-state index is 12.9. The summed E-state index contributed by atoms with van der Waals surface area (Å²) >= 11 is 7.31. The number of carbonyl (C=O) groups excluding carboxylic acids is 1. The molecule has 0 radical (unpaired) electrons. The Labute approximate surface area is 154 Å². The van der Waals surface area contributed by atoms with Crippen LogP contribution in [-0.2, 0) is 11.2 Å². The fourth-order valence-corrected chi connectivity index (χ4v) is 3.51. The predicted molar refractivity (Wildman–Crippen MR) is 101 cm³/mol. The minimum absolute atomic E-state index is 0.0987. The lowest BCUT2D eigenvalue weighted by atomic mass is 10.1. The SMILES string of the molecule is C/C(=N\N=C1\NC(=O)[C@H](Cc2cccc(Cl)c2)S1)c1ccc(F)cc1. The fraction of sp³-hybridized carbons (Fsp3) is 0.167. The largest absolute Gasteiger partial charge is 0.303 e. The van der Waals surface area contributed by atoms with Crippen molar-refractivity contribution in [1.82, 2.24) is 5.32 Å². The van der Waals surface area contributed by atoms with Crippen molar-refractivity contribution in [3.63, 3.8) is 0 Å². The normalized spacial score (nSPS) is 19.3. The summed E-state index contributed by atoms with van der Waals surface area (Å²) < 4.78 is 12.9. The molecule has 1 heterocycles. The van der Waals surface area contributed by atoms with Crippen LogP contribution in [0.3, 0.4) is 0 Å². The summed E-state index contributed by atoms with van der Waals surface area (Å²) in [5.74, 6) is -0.399. The number of amides is 1. The summed E-state index contributed by atoms with van der Waals surface area (Å²) in [5, 5.41) is 11.8. The second kappa shape index (κ2) is 7.80. The molecule has 0 unspecified atom stereocenters. The number of rotatable bonds is 4. The molecule has 0 bridgehead atoms. The van der Waals surface area contributed by atoms with E-state index in [2.05, 4.69) is 15.5 Å². The van der Waals surface area contributed by atoms with E-state index in [4.69, 9.17) is 11.6 Å². The van der Waals surface area contributed by atoms with E-state index in [1.54, 1.807) is 25.1 Å². The highest BCUT2D eigenvalue weighted by molar-refractivity contribution is 8.15. The van der Waals surface area contributed by atoms with Crippen LogP contribution in [0.1, 0.15) is 18.1 Å². The van der Waals surface area contributed by atoms with Crippen molar-refractivity contribution in [3.8, 4) is 0 Å². The maximum Gasteiger partial charge on any atom is 0.239 e. The molecule has 1 aliphatic rings. The van der Waals surface area contributed by atoms with Crippen LogP contribution in [-0.4, -0.2) is 22.0 Å². The highest BCUT2D eigenvalue weighted by atomic mass is 35.5. The van der Waals surface area contributed by atoms with Crippen molar-refractivity contribution in [2.45, 2.75) is 18.6 Å². The van der Waals surface area contributed by atoms with E-state index in [9.17, 15) is 9.18 Å². The van der Waals surface area contributed by atoms with Gasteiger partial charge in [0.25, 0.3) is 0 Å². The smallest absolute Gasteiger partial charge is 0.239 e. The number of amidine groups is 1. The molecule has 0 aromatic heterocycles. The molecule has 3 rings (SSSR count). The Morgan fingerprint density at radius 3 is 2.76 bits per heavy atom. The van der Waals surface area contributed by atoms with Crippen molar-refractivity contribution in [2.24, 2.45) is 10.2 Å². The fourth-order valence-electron chi connectivity index (χ4n) is 2.33. The number of hydrogen-bond acceptors (Lipinski definition) is 4. The van der Waals surface area contributed by atoms with Crippen molar-refractivity contribution >= 4 is 40.1 Å². The third-order valence-electron chi connectivity index (χ3n) is 3.64. The van der Waals surface area contributed by atoms with E-state index in [0.29, 0.717) is 22.3 Å². The average molecular weight is 376 g/mol. The van der Waals surface area contributed by atoms with E-state index < -0.39 is 0 Å². The standard InChI is InChI=1S/C18H15ClFN3OS/c1-11(13-5-7-15(20)8-6-13)22-23-18-21-17(24)16(25-18)10-12-3-2-4-14(19)9-12/h2-9,16H,10H2,1H3,(H,21,23,24)/b22-11+/t16-/m0/s1. The molecule has 0 spiro atoms. The van der Waals surface area contributed by atoms with Gasteiger partial charge in [-0.1, -0.05) is 47.6 Å². The lowest BCUT2D eigenvalue weighted by Crippen LogP contribution is -2.25. The summed E-state index contributed by atoms with van der Waals surface area (Å²) in [6.07, 6.45) is 0.566. The molecule has 0 saturated carbocycles. The van der Waals surface area contributed by atoms with Gasteiger partial charge in [0.2, 0.25) is 5.91 Å². The van der Waals surface area contributed by atoms with Gasteiger partial charge in [-0.05, 0) is 48.7 Å². The molecule has 1 saturated heterocycles. The van der Waals surface area contributed by atoms with Crippen LogP contribution >= 0.6 is 23.4 Å². The summed E-state index contributed by atoms with van der Waals surface area (Å²) in [6.45, 7) is 1.78. The van der Waals surface area contributed by atoms with Crippen LogP contribution < -0.4 is 5.32 Å². The predicted octanol–water partition coefficient (Wildman–Crippen LogP) is 4.03. The average Bonchev–Trinajstić information content (AvgIpc) is 2.93. The lowest BCUT2D eigenvalue weighted by Gasteiger charge is -2.05. The Bertz CT molecular complexity index is 852. The molecule has 0 aliphatic carbocycles. The Morgan fingerprint density at radius 1 is 1.28 bits per heavy atom. The molecule has 7 heteroatoms. The highest BCUT2D eigenvalue weighted by Gasteiger charge is 2.30. The molecular weight excluding hydrogens is 361 g/mol. The Balaban J connectivity index is 1.68. The summed E-state index contributed by atoms with van der Waals surface area (Å²) in [5.41, 5.74) is 2.41. The van der Waals surface area contributed by atoms with Gasteiger partial charge < -0.3 is 5.32 Å². The molecule has 4 nitrogen and oxygen atoms in total. The second-order valence-corrected chi connectivity index (χ2v) is 7.16. The molecule has 25 heavy (non-hydrogen) atoms. The van der Waals surface area contributed by atoms with Gasteiger partial charge >= 0.3 is 0 Å². The summed E-state index contributed by atoms with van der Waals surface area (Å²) in [6, 6.07) is 13.5. The highest BCUT2D eigenvalue weighted by Crippen LogP contribution is 2.24. The van der Waals surface area contributed by atoms with Gasteiger partial charge in [-0.15, -0.1) is 5.10 Å². The minimum atomic E-state index is -0.301. The van der Waals surface area contributed by atoms with Gasteiger partial charge in [-0.2, -0.15) is 5.10 Å². The van der Waals surface area contributed by atoms with Gasteiger partial charge in [-0.3, -0.25) is 4.79 Å². The third-order valence-corrected chi connectivity index (χ3v) is 4.95. The van der Waals surface area contributed by atoms with Crippen LogP contribution in [0.4, 0.5) is 4.39 Å². The molecule has 1 amide bonds. The first-order valence-electron chi connectivity index (χ1n) is 7.61. The van der Waals surface area contributed by atoms with Gasteiger partial charge in [0.15, 0.2) is 5.17 Å². The molecule has 128 valence electrons.